The number of nitrogens with zero attached hydrogens (tertiary/aromatic N) is 5. The molecular formula is C40H25N5S. The first kappa shape index (κ1) is 26.4. The minimum absolute atomic E-state index is 0.577. The van der Waals surface area contributed by atoms with Crippen LogP contribution in [0.15, 0.2) is 152 Å². The lowest BCUT2D eigenvalue weighted by atomic mass is 10.0. The molecule has 46 heavy (non-hydrogen) atoms. The van der Waals surface area contributed by atoms with Crippen LogP contribution in [0.1, 0.15) is 0 Å². The maximum Gasteiger partial charge on any atom is 0.238 e. The fourth-order valence-electron chi connectivity index (χ4n) is 6.07. The lowest BCUT2D eigenvalue weighted by molar-refractivity contribution is 0.953. The Hall–Kier alpha value is -5.98. The van der Waals surface area contributed by atoms with E-state index in [9.17, 15) is 0 Å². The van der Waals surface area contributed by atoms with Gasteiger partial charge in [-0.25, -0.2) is 9.97 Å². The Morgan fingerprint density at radius 3 is 1.61 bits per heavy atom. The van der Waals surface area contributed by atoms with Crippen LogP contribution < -0.4 is 0 Å². The van der Waals surface area contributed by atoms with E-state index in [0.717, 1.165) is 59.3 Å². The highest BCUT2D eigenvalue weighted by atomic mass is 32.1. The van der Waals surface area contributed by atoms with Gasteiger partial charge in [-0.15, -0.1) is 11.3 Å². The molecule has 0 saturated heterocycles. The van der Waals surface area contributed by atoms with Crippen LogP contribution in [0.3, 0.4) is 0 Å². The summed E-state index contributed by atoms with van der Waals surface area (Å²) in [5.74, 6) is 1.79. The standard InChI is InChI=1S/C40H25N5S/c1-3-11-26(12-4-1)27-19-21-28(22-20-27)37-42-38(30-23-24-36-33(25-30)41-39(46-36)29-13-5-2-6-14-29)44-40(43-37)45-34-17-9-7-15-31(34)32-16-8-10-18-35(32)45/h1-25H. The average molecular weight is 608 g/mol. The number of thiazole rings is 1. The fourth-order valence-corrected chi connectivity index (χ4v) is 7.03. The van der Waals surface area contributed by atoms with Gasteiger partial charge in [0.15, 0.2) is 11.6 Å². The van der Waals surface area contributed by atoms with Gasteiger partial charge >= 0.3 is 0 Å². The molecule has 0 radical (unpaired) electrons. The number of fused-ring (bicyclic) bond motifs is 4. The van der Waals surface area contributed by atoms with Crippen molar-refractivity contribution in [2.45, 2.75) is 0 Å². The molecule has 0 fully saturated rings. The molecule has 0 N–H and O–H groups in total. The summed E-state index contributed by atoms with van der Waals surface area (Å²) < 4.78 is 3.27. The fraction of sp³-hybridized carbons (Fsp3) is 0. The molecule has 5 nitrogen and oxygen atoms in total. The Morgan fingerprint density at radius 1 is 0.413 bits per heavy atom. The van der Waals surface area contributed by atoms with Crippen molar-refractivity contribution in [1.82, 2.24) is 24.5 Å². The normalized spacial score (nSPS) is 11.5. The number of aromatic nitrogens is 5. The first-order chi connectivity index (χ1) is 22.8. The molecule has 3 heterocycles. The lowest BCUT2D eigenvalue weighted by Crippen LogP contribution is -2.06. The Morgan fingerprint density at radius 2 is 0.935 bits per heavy atom. The van der Waals surface area contributed by atoms with Crippen molar-refractivity contribution in [2.75, 3.05) is 0 Å². The van der Waals surface area contributed by atoms with Crippen molar-refractivity contribution in [3.05, 3.63) is 152 Å². The highest BCUT2D eigenvalue weighted by Crippen LogP contribution is 2.35. The van der Waals surface area contributed by atoms with E-state index in [-0.39, 0.29) is 0 Å². The quantitative estimate of drug-likeness (QED) is 0.195. The molecule has 0 spiro atoms. The molecule has 216 valence electrons. The maximum absolute atomic E-state index is 5.13. The molecule has 0 aliphatic rings. The van der Waals surface area contributed by atoms with Crippen LogP contribution >= 0.6 is 11.3 Å². The van der Waals surface area contributed by atoms with Gasteiger partial charge in [0, 0.05) is 27.5 Å². The third-order valence-electron chi connectivity index (χ3n) is 8.32. The van der Waals surface area contributed by atoms with E-state index in [1.54, 1.807) is 11.3 Å². The Labute approximate surface area is 269 Å². The smallest absolute Gasteiger partial charge is 0.238 e. The highest BCUT2D eigenvalue weighted by Gasteiger charge is 2.18. The Bertz CT molecular complexity index is 2460. The van der Waals surface area contributed by atoms with E-state index in [0.29, 0.717) is 17.6 Å². The van der Waals surface area contributed by atoms with Crippen molar-refractivity contribution in [2.24, 2.45) is 0 Å². The molecule has 0 bridgehead atoms. The van der Waals surface area contributed by atoms with Gasteiger partial charge in [0.25, 0.3) is 0 Å². The summed E-state index contributed by atoms with van der Waals surface area (Å²) in [5, 5.41) is 3.31. The minimum atomic E-state index is 0.577. The van der Waals surface area contributed by atoms with Gasteiger partial charge in [0.05, 0.1) is 21.3 Å². The van der Waals surface area contributed by atoms with Crippen molar-refractivity contribution in [1.29, 1.82) is 0 Å². The van der Waals surface area contributed by atoms with E-state index >= 15 is 0 Å². The number of hydrogen-bond acceptors (Lipinski definition) is 5. The van der Waals surface area contributed by atoms with Crippen LogP contribution in [-0.2, 0) is 0 Å². The topological polar surface area (TPSA) is 56.5 Å². The van der Waals surface area contributed by atoms with Crippen molar-refractivity contribution in [3.8, 4) is 50.4 Å². The second-order valence-electron chi connectivity index (χ2n) is 11.2. The average Bonchev–Trinajstić information content (AvgIpc) is 3.72. The molecule has 6 heteroatoms. The van der Waals surface area contributed by atoms with Gasteiger partial charge in [0.2, 0.25) is 5.95 Å². The minimum Gasteiger partial charge on any atom is -0.278 e. The third kappa shape index (κ3) is 4.55. The van der Waals surface area contributed by atoms with E-state index in [4.69, 9.17) is 19.9 Å². The van der Waals surface area contributed by atoms with E-state index in [2.05, 4.69) is 132 Å². The van der Waals surface area contributed by atoms with Gasteiger partial charge in [-0.05, 0) is 41.5 Å². The Kier molecular flexibility index (Phi) is 6.25. The first-order valence-corrected chi connectivity index (χ1v) is 16.0. The SMILES string of the molecule is c1ccc(-c2ccc(-c3nc(-c4ccc5sc(-c6ccccc6)nc5c4)nc(-n4c5ccccc5c5ccccc54)n3)cc2)cc1. The number of hydrogen-bond donors (Lipinski definition) is 0. The summed E-state index contributed by atoms with van der Waals surface area (Å²) in [4.78, 5) is 20.3. The molecule has 6 aromatic carbocycles. The monoisotopic (exact) mass is 607 g/mol. The molecule has 3 aromatic heterocycles. The summed E-state index contributed by atoms with van der Waals surface area (Å²) in [5.41, 5.74) is 8.26. The summed E-state index contributed by atoms with van der Waals surface area (Å²) in [6, 6.07) is 52.2. The molecule has 0 saturated carbocycles. The summed E-state index contributed by atoms with van der Waals surface area (Å²) in [7, 11) is 0. The lowest BCUT2D eigenvalue weighted by Gasteiger charge is -2.11. The predicted octanol–water partition coefficient (Wildman–Crippen LogP) is 10.2. The maximum atomic E-state index is 5.13. The predicted molar refractivity (Wildman–Crippen MR) is 189 cm³/mol. The molecular weight excluding hydrogens is 583 g/mol. The molecule has 0 amide bonds. The van der Waals surface area contributed by atoms with E-state index in [1.165, 1.54) is 5.56 Å². The van der Waals surface area contributed by atoms with Crippen LogP contribution in [0.2, 0.25) is 0 Å². The summed E-state index contributed by atoms with van der Waals surface area (Å²) in [6.07, 6.45) is 0. The molecule has 0 atom stereocenters. The van der Waals surface area contributed by atoms with Crippen LogP contribution in [0.5, 0.6) is 0 Å². The Balaban J connectivity index is 1.24. The first-order valence-electron chi connectivity index (χ1n) is 15.2. The molecule has 9 rings (SSSR count). The molecule has 0 aliphatic carbocycles. The summed E-state index contributed by atoms with van der Waals surface area (Å²) >= 11 is 1.69. The third-order valence-corrected chi connectivity index (χ3v) is 9.41. The van der Waals surface area contributed by atoms with Crippen molar-refractivity contribution < 1.29 is 0 Å². The van der Waals surface area contributed by atoms with Gasteiger partial charge in [-0.3, -0.25) is 4.57 Å². The van der Waals surface area contributed by atoms with Crippen molar-refractivity contribution >= 4 is 43.4 Å². The van der Waals surface area contributed by atoms with E-state index in [1.807, 2.05) is 24.3 Å². The molecule has 9 aromatic rings. The van der Waals surface area contributed by atoms with E-state index < -0.39 is 0 Å². The number of rotatable bonds is 5. The van der Waals surface area contributed by atoms with Crippen molar-refractivity contribution in [3.63, 3.8) is 0 Å². The number of para-hydroxylation sites is 2. The van der Waals surface area contributed by atoms with Gasteiger partial charge < -0.3 is 0 Å². The van der Waals surface area contributed by atoms with Gasteiger partial charge in [0.1, 0.15) is 5.01 Å². The zero-order chi connectivity index (χ0) is 30.5. The van der Waals surface area contributed by atoms with Crippen LogP contribution in [-0.4, -0.2) is 24.5 Å². The second-order valence-corrected chi connectivity index (χ2v) is 12.2. The van der Waals surface area contributed by atoms with Crippen LogP contribution in [0, 0.1) is 0 Å². The van der Waals surface area contributed by atoms with Gasteiger partial charge in [-0.1, -0.05) is 121 Å². The molecule has 0 unspecified atom stereocenters. The zero-order valence-corrected chi connectivity index (χ0v) is 25.4. The van der Waals surface area contributed by atoms with Crippen LogP contribution in [0.25, 0.3) is 82.4 Å². The molecule has 0 aliphatic heterocycles. The van der Waals surface area contributed by atoms with Crippen LogP contribution in [0.4, 0.5) is 0 Å². The largest absolute Gasteiger partial charge is 0.278 e. The number of benzene rings is 6. The zero-order valence-electron chi connectivity index (χ0n) is 24.6. The van der Waals surface area contributed by atoms with Gasteiger partial charge in [-0.2, -0.15) is 9.97 Å². The summed E-state index contributed by atoms with van der Waals surface area (Å²) in [6.45, 7) is 0. The highest BCUT2D eigenvalue weighted by molar-refractivity contribution is 7.21. The second kappa shape index (κ2) is 10.9.